The number of pyridine rings is 2. The third-order valence-corrected chi connectivity index (χ3v) is 5.64. The van der Waals surface area contributed by atoms with Gasteiger partial charge in [-0.2, -0.15) is 0 Å². The minimum absolute atomic E-state index is 0.371. The molecule has 0 saturated heterocycles. The maximum atomic E-state index is 12.5. The van der Waals surface area contributed by atoms with E-state index in [0.29, 0.717) is 24.7 Å². The second kappa shape index (κ2) is 9.07. The van der Waals surface area contributed by atoms with Crippen molar-refractivity contribution in [1.82, 2.24) is 14.9 Å². The number of halogens is 1. The fourth-order valence-corrected chi connectivity index (χ4v) is 3.95. The summed E-state index contributed by atoms with van der Waals surface area (Å²) in [6.45, 7) is 6.81. The molecule has 154 valence electrons. The second-order valence-corrected chi connectivity index (χ2v) is 9.02. The first-order valence-corrected chi connectivity index (χ1v) is 10.4. The van der Waals surface area contributed by atoms with Crippen LogP contribution in [0.1, 0.15) is 26.3 Å². The number of rotatable bonds is 6. The van der Waals surface area contributed by atoms with Crippen LogP contribution in [0.3, 0.4) is 0 Å². The van der Waals surface area contributed by atoms with Gasteiger partial charge in [-0.1, -0.05) is 17.7 Å². The van der Waals surface area contributed by atoms with Gasteiger partial charge >= 0.3 is 6.09 Å². The van der Waals surface area contributed by atoms with Gasteiger partial charge in [-0.15, -0.1) is 11.3 Å². The molecule has 6 nitrogen and oxygen atoms in total. The van der Waals surface area contributed by atoms with E-state index in [1.54, 1.807) is 41.8 Å². The molecule has 0 unspecified atom stereocenters. The Morgan fingerprint density at radius 2 is 2.03 bits per heavy atom. The summed E-state index contributed by atoms with van der Waals surface area (Å²) in [7, 11) is 1.61. The van der Waals surface area contributed by atoms with E-state index in [2.05, 4.69) is 9.97 Å². The lowest BCUT2D eigenvalue weighted by atomic mass is 10.2. The van der Waals surface area contributed by atoms with Crippen molar-refractivity contribution in [3.05, 3.63) is 47.2 Å². The number of amides is 1. The lowest BCUT2D eigenvalue weighted by Crippen LogP contribution is -2.38. The fraction of sp³-hybridized carbons (Fsp3) is 0.381. The van der Waals surface area contributed by atoms with Crippen LogP contribution in [0.4, 0.5) is 4.79 Å². The summed E-state index contributed by atoms with van der Waals surface area (Å²) >= 11 is 7.81. The number of ether oxygens (including phenoxy) is 2. The number of carbonyl (C=O) groups excluding carboxylic acids is 1. The molecule has 0 fully saturated rings. The Hall–Kier alpha value is -2.22. The average Bonchev–Trinajstić information content (AvgIpc) is 3.10. The highest BCUT2D eigenvalue weighted by Gasteiger charge is 2.22. The Balaban J connectivity index is 1.76. The van der Waals surface area contributed by atoms with Gasteiger partial charge in [-0.25, -0.2) is 4.79 Å². The van der Waals surface area contributed by atoms with Gasteiger partial charge in [0.2, 0.25) is 0 Å². The van der Waals surface area contributed by atoms with E-state index in [9.17, 15) is 4.79 Å². The van der Waals surface area contributed by atoms with E-state index >= 15 is 0 Å². The lowest BCUT2D eigenvalue weighted by molar-refractivity contribution is 0.0184. The molecule has 3 rings (SSSR count). The van der Waals surface area contributed by atoms with E-state index in [1.807, 2.05) is 39.0 Å². The number of aromatic nitrogens is 2. The topological polar surface area (TPSA) is 64.5 Å². The molecule has 0 aliphatic rings. The molecule has 0 spiro atoms. The van der Waals surface area contributed by atoms with Crippen LogP contribution < -0.4 is 0 Å². The van der Waals surface area contributed by atoms with Crippen molar-refractivity contribution in [3.8, 4) is 10.6 Å². The highest BCUT2D eigenvalue weighted by molar-refractivity contribution is 7.22. The molecule has 0 N–H and O–H groups in total. The summed E-state index contributed by atoms with van der Waals surface area (Å²) in [6, 6.07) is 7.68. The molecule has 29 heavy (non-hydrogen) atoms. The zero-order valence-corrected chi connectivity index (χ0v) is 18.5. The minimum atomic E-state index is -0.555. The van der Waals surface area contributed by atoms with Crippen molar-refractivity contribution >= 4 is 39.2 Å². The van der Waals surface area contributed by atoms with Crippen LogP contribution in [0, 0.1) is 0 Å². The minimum Gasteiger partial charge on any atom is -0.444 e. The normalized spacial score (nSPS) is 11.6. The smallest absolute Gasteiger partial charge is 0.410 e. The molecule has 8 heteroatoms. The van der Waals surface area contributed by atoms with Gasteiger partial charge in [0, 0.05) is 26.0 Å². The standard InChI is InChI=1S/C21H24ClN3O3S/c1-21(2,3)28-20(26)25(9-10-27-4)13-14-5-6-16(24-12-14)18-11-17-19(29-18)15(22)7-8-23-17/h5-8,11-12H,9-10,13H2,1-4H3. The van der Waals surface area contributed by atoms with Gasteiger partial charge < -0.3 is 14.4 Å². The summed E-state index contributed by atoms with van der Waals surface area (Å²) in [4.78, 5) is 24.0. The van der Waals surface area contributed by atoms with Gasteiger partial charge in [-0.05, 0) is 44.5 Å². The molecule has 0 aliphatic heterocycles. The summed E-state index contributed by atoms with van der Waals surface area (Å²) in [5.41, 5.74) is 2.06. The fourth-order valence-electron chi connectivity index (χ4n) is 2.68. The monoisotopic (exact) mass is 433 g/mol. The van der Waals surface area contributed by atoms with Crippen LogP contribution >= 0.6 is 22.9 Å². The molecule has 0 saturated carbocycles. The number of thiophene rings is 1. The molecule has 3 aromatic rings. The molecular formula is C21H24ClN3O3S. The number of hydrogen-bond acceptors (Lipinski definition) is 6. The van der Waals surface area contributed by atoms with Crippen molar-refractivity contribution in [2.24, 2.45) is 0 Å². The zero-order chi connectivity index (χ0) is 21.0. The molecular weight excluding hydrogens is 410 g/mol. The van der Waals surface area contributed by atoms with Crippen molar-refractivity contribution in [3.63, 3.8) is 0 Å². The van der Waals surface area contributed by atoms with Gasteiger partial charge in [0.15, 0.2) is 0 Å². The van der Waals surface area contributed by atoms with Crippen LogP contribution in [0.15, 0.2) is 36.7 Å². The summed E-state index contributed by atoms with van der Waals surface area (Å²) < 4.78 is 11.6. The predicted octanol–water partition coefficient (Wildman–Crippen LogP) is 5.40. The van der Waals surface area contributed by atoms with Gasteiger partial charge in [-0.3, -0.25) is 9.97 Å². The van der Waals surface area contributed by atoms with Gasteiger partial charge in [0.05, 0.1) is 39.0 Å². The number of nitrogens with zero attached hydrogens (tertiary/aromatic N) is 3. The third-order valence-electron chi connectivity index (χ3n) is 4.03. The van der Waals surface area contributed by atoms with Crippen LogP contribution in [0.25, 0.3) is 20.8 Å². The predicted molar refractivity (Wildman–Crippen MR) is 116 cm³/mol. The molecule has 3 heterocycles. The highest BCUT2D eigenvalue weighted by Crippen LogP contribution is 2.35. The largest absolute Gasteiger partial charge is 0.444 e. The first kappa shape index (κ1) is 21.5. The number of hydrogen-bond donors (Lipinski definition) is 0. The van der Waals surface area contributed by atoms with Crippen LogP contribution in [-0.2, 0) is 16.0 Å². The second-order valence-electron chi connectivity index (χ2n) is 7.56. The Morgan fingerprint density at radius 1 is 1.24 bits per heavy atom. The van der Waals surface area contributed by atoms with E-state index < -0.39 is 5.60 Å². The van der Waals surface area contributed by atoms with Crippen LogP contribution in [0.2, 0.25) is 5.02 Å². The first-order valence-electron chi connectivity index (χ1n) is 9.23. The lowest BCUT2D eigenvalue weighted by Gasteiger charge is -2.27. The first-order chi connectivity index (χ1) is 13.8. The van der Waals surface area contributed by atoms with E-state index in [0.717, 1.165) is 26.4 Å². The van der Waals surface area contributed by atoms with Crippen LogP contribution in [-0.4, -0.2) is 46.8 Å². The molecule has 0 radical (unpaired) electrons. The average molecular weight is 434 g/mol. The SMILES string of the molecule is COCCN(Cc1ccc(-c2cc3nccc(Cl)c3s2)nc1)C(=O)OC(C)(C)C. The van der Waals surface area contributed by atoms with Crippen molar-refractivity contribution in [2.45, 2.75) is 32.9 Å². The third kappa shape index (κ3) is 5.65. The molecule has 0 aromatic carbocycles. The summed E-state index contributed by atoms with van der Waals surface area (Å²) in [5.74, 6) is 0. The summed E-state index contributed by atoms with van der Waals surface area (Å²) in [6.07, 6.45) is 3.10. The van der Waals surface area contributed by atoms with Crippen molar-refractivity contribution in [1.29, 1.82) is 0 Å². The molecule has 0 bridgehead atoms. The maximum absolute atomic E-state index is 12.5. The van der Waals surface area contributed by atoms with Gasteiger partial charge in [0.1, 0.15) is 5.60 Å². The maximum Gasteiger partial charge on any atom is 0.410 e. The zero-order valence-electron chi connectivity index (χ0n) is 16.9. The number of fused-ring (bicyclic) bond motifs is 1. The molecule has 0 atom stereocenters. The van der Waals surface area contributed by atoms with Gasteiger partial charge in [0.25, 0.3) is 0 Å². The molecule has 3 aromatic heterocycles. The van der Waals surface area contributed by atoms with Crippen molar-refractivity contribution in [2.75, 3.05) is 20.3 Å². The van der Waals surface area contributed by atoms with E-state index in [-0.39, 0.29) is 6.09 Å². The van der Waals surface area contributed by atoms with E-state index in [1.165, 1.54) is 0 Å². The highest BCUT2D eigenvalue weighted by atomic mass is 35.5. The quantitative estimate of drug-likeness (QED) is 0.521. The molecule has 0 aliphatic carbocycles. The van der Waals surface area contributed by atoms with E-state index in [4.69, 9.17) is 21.1 Å². The van der Waals surface area contributed by atoms with Crippen LogP contribution in [0.5, 0.6) is 0 Å². The number of methoxy groups -OCH3 is 1. The Labute approximate surface area is 179 Å². The Bertz CT molecular complexity index is 983. The number of carbonyl (C=O) groups is 1. The Kier molecular flexibility index (Phi) is 6.72. The Morgan fingerprint density at radius 3 is 2.66 bits per heavy atom. The van der Waals surface area contributed by atoms with Crippen molar-refractivity contribution < 1.29 is 14.3 Å². The summed E-state index contributed by atoms with van der Waals surface area (Å²) in [5, 5.41) is 0.689. The molecule has 1 amide bonds.